The Kier molecular flexibility index (Phi) is 6.49. The van der Waals surface area contributed by atoms with Crippen LogP contribution in [-0.2, 0) is 12.8 Å². The first-order valence-corrected chi connectivity index (χ1v) is 9.40. The summed E-state index contributed by atoms with van der Waals surface area (Å²) in [6.45, 7) is 3.68. The third kappa shape index (κ3) is 5.13. The lowest BCUT2D eigenvalue weighted by Crippen LogP contribution is -2.04. The molecule has 1 aromatic carbocycles. The lowest BCUT2D eigenvalue weighted by Gasteiger charge is -2.11. The maximum Gasteiger partial charge on any atom is 0.227 e. The summed E-state index contributed by atoms with van der Waals surface area (Å²) in [6.07, 6.45) is 6.43. The molecule has 0 saturated heterocycles. The smallest absolute Gasteiger partial charge is 0.227 e. The molecule has 0 amide bonds. The van der Waals surface area contributed by atoms with Crippen LogP contribution in [-0.4, -0.2) is 27.8 Å². The van der Waals surface area contributed by atoms with E-state index < -0.39 is 5.82 Å². The molecule has 0 atom stereocenters. The van der Waals surface area contributed by atoms with E-state index in [1.54, 1.807) is 31.6 Å². The molecule has 0 spiro atoms. The van der Waals surface area contributed by atoms with Crippen molar-refractivity contribution in [3.05, 3.63) is 71.1 Å². The van der Waals surface area contributed by atoms with Gasteiger partial charge in [-0.2, -0.15) is 0 Å². The van der Waals surface area contributed by atoms with Crippen molar-refractivity contribution in [3.63, 3.8) is 0 Å². The minimum atomic E-state index is -0.438. The Labute approximate surface area is 169 Å². The molecule has 150 valence electrons. The summed E-state index contributed by atoms with van der Waals surface area (Å²) in [6, 6.07) is 6.80. The Hall–Kier alpha value is -3.35. The summed E-state index contributed by atoms with van der Waals surface area (Å²) in [4.78, 5) is 24.8. The number of aryl methyl sites for hydroxylation is 3. The number of nitrogens with one attached hydrogen (secondary N) is 1. The summed E-state index contributed by atoms with van der Waals surface area (Å²) in [5, 5.41) is 3.12. The highest BCUT2D eigenvalue weighted by Gasteiger charge is 2.15. The number of hydrogen-bond acceptors (Lipinski definition) is 6. The molecule has 2 heterocycles. The molecule has 0 saturated carbocycles. The molecule has 6 nitrogen and oxygen atoms in total. The number of ether oxygens (including phenoxy) is 1. The second kappa shape index (κ2) is 9.23. The van der Waals surface area contributed by atoms with Crippen LogP contribution in [0.5, 0.6) is 5.75 Å². The maximum atomic E-state index is 14.6. The van der Waals surface area contributed by atoms with E-state index in [2.05, 4.69) is 20.3 Å². The minimum Gasteiger partial charge on any atom is -0.494 e. The molecule has 0 radical (unpaired) electrons. The van der Waals surface area contributed by atoms with Gasteiger partial charge in [0.25, 0.3) is 0 Å². The monoisotopic (exact) mass is 394 g/mol. The average Bonchev–Trinajstić information content (AvgIpc) is 2.73. The first-order valence-electron chi connectivity index (χ1n) is 9.40. The van der Waals surface area contributed by atoms with Crippen molar-refractivity contribution in [3.8, 4) is 5.75 Å². The van der Waals surface area contributed by atoms with Crippen molar-refractivity contribution < 1.29 is 13.9 Å². The third-order valence-corrected chi connectivity index (χ3v) is 4.52. The Morgan fingerprint density at radius 3 is 2.55 bits per heavy atom. The highest BCUT2D eigenvalue weighted by atomic mass is 19.1. The van der Waals surface area contributed by atoms with Gasteiger partial charge in [-0.25, -0.2) is 14.4 Å². The summed E-state index contributed by atoms with van der Waals surface area (Å²) < 4.78 is 19.7. The number of rotatable bonds is 8. The molecule has 3 rings (SSSR count). The van der Waals surface area contributed by atoms with E-state index in [0.29, 0.717) is 36.3 Å². The van der Waals surface area contributed by atoms with E-state index in [4.69, 9.17) is 4.74 Å². The second-order valence-corrected chi connectivity index (χ2v) is 6.65. The average molecular weight is 394 g/mol. The van der Waals surface area contributed by atoms with Crippen molar-refractivity contribution in [2.75, 3.05) is 12.4 Å². The number of methoxy groups -OCH3 is 1. The van der Waals surface area contributed by atoms with Crippen molar-refractivity contribution in [2.24, 2.45) is 0 Å². The van der Waals surface area contributed by atoms with Crippen LogP contribution in [0.4, 0.5) is 16.0 Å². The van der Waals surface area contributed by atoms with E-state index >= 15 is 0 Å². The van der Waals surface area contributed by atoms with Gasteiger partial charge in [0, 0.05) is 42.0 Å². The number of ketones is 1. The molecule has 7 heteroatoms. The van der Waals surface area contributed by atoms with Crippen LogP contribution in [0.2, 0.25) is 0 Å². The van der Waals surface area contributed by atoms with Crippen LogP contribution in [0.15, 0.2) is 42.9 Å². The van der Waals surface area contributed by atoms with Crippen LogP contribution in [0.1, 0.15) is 40.5 Å². The summed E-state index contributed by atoms with van der Waals surface area (Å²) >= 11 is 0. The molecule has 0 aliphatic rings. The molecule has 2 aromatic heterocycles. The van der Waals surface area contributed by atoms with Gasteiger partial charge < -0.3 is 10.1 Å². The first kappa shape index (κ1) is 20.4. The number of carbonyl (C=O) groups excluding carboxylic acids is 1. The Morgan fingerprint density at radius 1 is 1.14 bits per heavy atom. The van der Waals surface area contributed by atoms with Gasteiger partial charge in [0.05, 0.1) is 7.11 Å². The molecule has 0 unspecified atom stereocenters. The van der Waals surface area contributed by atoms with Crippen LogP contribution >= 0.6 is 0 Å². The predicted molar refractivity (Wildman–Crippen MR) is 109 cm³/mol. The standard InChI is InChI=1S/C22H23FN4O2/c1-4-19(28)17-10-16(21(23)20(11-17)29-3)6-5-15-12-25-22(26-13-15)27-18-7-8-24-14(2)9-18/h7-13H,4-6H2,1-3H3,(H,24,25,26,27). The molecule has 0 aliphatic carbocycles. The van der Waals surface area contributed by atoms with Crippen LogP contribution < -0.4 is 10.1 Å². The molecular weight excluding hydrogens is 371 g/mol. The molecule has 29 heavy (non-hydrogen) atoms. The van der Waals surface area contributed by atoms with Gasteiger partial charge in [-0.15, -0.1) is 0 Å². The highest BCUT2D eigenvalue weighted by Crippen LogP contribution is 2.25. The van der Waals surface area contributed by atoms with E-state index in [1.807, 2.05) is 19.1 Å². The number of aromatic nitrogens is 3. The number of Topliss-reactive ketones (excluding diaryl/α,β-unsaturated/α-hetero) is 1. The number of benzene rings is 1. The van der Waals surface area contributed by atoms with Crippen molar-refractivity contribution >= 4 is 17.4 Å². The van der Waals surface area contributed by atoms with E-state index in [0.717, 1.165) is 16.9 Å². The number of hydrogen-bond donors (Lipinski definition) is 1. The van der Waals surface area contributed by atoms with Crippen molar-refractivity contribution in [1.82, 2.24) is 15.0 Å². The van der Waals surface area contributed by atoms with E-state index in [1.165, 1.54) is 13.2 Å². The van der Waals surface area contributed by atoms with Crippen LogP contribution in [0.3, 0.4) is 0 Å². The molecule has 0 bridgehead atoms. The van der Waals surface area contributed by atoms with Gasteiger partial charge in [0.2, 0.25) is 5.95 Å². The van der Waals surface area contributed by atoms with Gasteiger partial charge >= 0.3 is 0 Å². The largest absolute Gasteiger partial charge is 0.494 e. The second-order valence-electron chi connectivity index (χ2n) is 6.65. The predicted octanol–water partition coefficient (Wildman–Crippen LogP) is 4.45. The normalized spacial score (nSPS) is 10.6. The van der Waals surface area contributed by atoms with Crippen LogP contribution in [0, 0.1) is 12.7 Å². The fourth-order valence-corrected chi connectivity index (χ4v) is 2.93. The zero-order valence-electron chi connectivity index (χ0n) is 16.7. The van der Waals surface area contributed by atoms with Gasteiger partial charge in [0.1, 0.15) is 0 Å². The van der Waals surface area contributed by atoms with E-state index in [9.17, 15) is 9.18 Å². The highest BCUT2D eigenvalue weighted by molar-refractivity contribution is 5.96. The third-order valence-electron chi connectivity index (χ3n) is 4.52. The maximum absolute atomic E-state index is 14.6. The molecule has 0 fully saturated rings. The van der Waals surface area contributed by atoms with Gasteiger partial charge in [-0.05, 0) is 55.2 Å². The van der Waals surface area contributed by atoms with E-state index in [-0.39, 0.29) is 11.5 Å². The lowest BCUT2D eigenvalue weighted by molar-refractivity contribution is 0.0987. The molecule has 1 N–H and O–H groups in total. The molecular formula is C22H23FN4O2. The lowest BCUT2D eigenvalue weighted by atomic mass is 10.00. The van der Waals surface area contributed by atoms with Gasteiger partial charge in [-0.3, -0.25) is 9.78 Å². The summed E-state index contributed by atoms with van der Waals surface area (Å²) in [5.74, 6) is 0.0764. The molecule has 0 aliphatic heterocycles. The minimum absolute atomic E-state index is 0.0466. The number of pyridine rings is 1. The number of nitrogens with zero attached hydrogens (tertiary/aromatic N) is 3. The number of carbonyl (C=O) groups is 1. The van der Waals surface area contributed by atoms with Crippen molar-refractivity contribution in [2.45, 2.75) is 33.1 Å². The van der Waals surface area contributed by atoms with Gasteiger partial charge in [-0.1, -0.05) is 6.92 Å². The van der Waals surface area contributed by atoms with Gasteiger partial charge in [0.15, 0.2) is 17.3 Å². The zero-order chi connectivity index (χ0) is 20.8. The Morgan fingerprint density at radius 2 is 1.90 bits per heavy atom. The topological polar surface area (TPSA) is 77.0 Å². The molecule has 3 aromatic rings. The van der Waals surface area contributed by atoms with Crippen molar-refractivity contribution in [1.29, 1.82) is 0 Å². The first-order chi connectivity index (χ1) is 14.0. The zero-order valence-corrected chi connectivity index (χ0v) is 16.7. The Bertz CT molecular complexity index is 1010. The Balaban J connectivity index is 1.70. The number of anilines is 2. The summed E-state index contributed by atoms with van der Waals surface area (Å²) in [5.41, 5.74) is 3.52. The van der Waals surface area contributed by atoms with Crippen LogP contribution in [0.25, 0.3) is 0 Å². The quantitative estimate of drug-likeness (QED) is 0.569. The summed E-state index contributed by atoms with van der Waals surface area (Å²) in [7, 11) is 1.40. The fourth-order valence-electron chi connectivity index (χ4n) is 2.93. The number of halogens is 1. The fraction of sp³-hybridized carbons (Fsp3) is 0.273. The SMILES string of the molecule is CCC(=O)c1cc(CCc2cnc(Nc3ccnc(C)c3)nc2)c(F)c(OC)c1.